The Bertz CT molecular complexity index is 443. The Kier molecular flexibility index (Phi) is 7.55. The zero-order valence-electron chi connectivity index (χ0n) is 12.4. The van der Waals surface area contributed by atoms with E-state index >= 15 is 0 Å². The van der Waals surface area contributed by atoms with Gasteiger partial charge >= 0.3 is 5.97 Å². The molecule has 8 heteroatoms. The Balaban J connectivity index is 2.61. The van der Waals surface area contributed by atoms with Crippen LogP contribution in [0.3, 0.4) is 0 Å². The van der Waals surface area contributed by atoms with Crippen molar-refractivity contribution in [2.75, 3.05) is 39.3 Å². The van der Waals surface area contributed by atoms with Gasteiger partial charge in [0.25, 0.3) is 0 Å². The molecule has 0 saturated heterocycles. The molecule has 0 spiro atoms. The van der Waals surface area contributed by atoms with Crippen molar-refractivity contribution in [3.05, 3.63) is 12.1 Å². The fraction of sp³-hybridized carbons (Fsp3) is 0.462. The average molecular weight is 317 g/mol. The molecule has 1 aromatic carbocycles. The number of carbonyl (C=O) groups is 1. The molecule has 1 aromatic rings. The van der Waals surface area contributed by atoms with Crippen molar-refractivity contribution in [1.29, 1.82) is 0 Å². The van der Waals surface area contributed by atoms with Crippen molar-refractivity contribution in [3.63, 3.8) is 0 Å². The molecule has 0 radical (unpaired) electrons. The predicted molar refractivity (Wildman–Crippen MR) is 79.9 cm³/mol. The molecule has 0 fully saturated rings. The monoisotopic (exact) mass is 317 g/mol. The van der Waals surface area contributed by atoms with Crippen LogP contribution in [0, 0.1) is 0 Å². The molecule has 0 amide bonds. The summed E-state index contributed by atoms with van der Waals surface area (Å²) in [4.78, 5) is 11.1. The maximum atomic E-state index is 11.1. The van der Waals surface area contributed by atoms with Crippen LogP contribution in [-0.4, -0.2) is 40.5 Å². The van der Waals surface area contributed by atoms with E-state index in [2.05, 4.69) is 4.72 Å². The fourth-order valence-corrected chi connectivity index (χ4v) is 1.93. The van der Waals surface area contributed by atoms with E-state index in [9.17, 15) is 4.79 Å². The number of esters is 1. The van der Waals surface area contributed by atoms with Crippen LogP contribution >= 0.6 is 12.2 Å². The second-order valence-corrected chi connectivity index (χ2v) is 4.27. The maximum Gasteiger partial charge on any atom is 0.333 e. The van der Waals surface area contributed by atoms with Gasteiger partial charge in [0.2, 0.25) is 5.75 Å². The fourth-order valence-electron chi connectivity index (χ4n) is 1.50. The standard InChI is InChI=1S/C13H19NO6S/c1-5-19-12(15)8-20-21-14-9-6-10(16-2)13(18-4)11(7-9)17-3/h6-7,14H,5,8H2,1-4H3. The first-order valence-electron chi connectivity index (χ1n) is 6.16. The van der Waals surface area contributed by atoms with E-state index in [-0.39, 0.29) is 6.61 Å². The number of benzene rings is 1. The lowest BCUT2D eigenvalue weighted by Gasteiger charge is -2.14. The van der Waals surface area contributed by atoms with Gasteiger partial charge in [0.05, 0.1) is 33.6 Å². The highest BCUT2D eigenvalue weighted by Gasteiger charge is 2.13. The lowest BCUT2D eigenvalue weighted by molar-refractivity contribution is -0.145. The van der Waals surface area contributed by atoms with Gasteiger partial charge in [-0.2, -0.15) is 0 Å². The van der Waals surface area contributed by atoms with Crippen LogP contribution in [0.5, 0.6) is 17.2 Å². The van der Waals surface area contributed by atoms with Gasteiger partial charge in [-0.25, -0.2) is 4.79 Å². The summed E-state index contributed by atoms with van der Waals surface area (Å²) in [6.07, 6.45) is 0. The summed E-state index contributed by atoms with van der Waals surface area (Å²) in [5, 5.41) is 0. The number of nitrogens with one attached hydrogen (secondary N) is 1. The third-order valence-electron chi connectivity index (χ3n) is 2.37. The summed E-state index contributed by atoms with van der Waals surface area (Å²) in [6.45, 7) is 1.92. The van der Waals surface area contributed by atoms with Gasteiger partial charge in [-0.05, 0) is 6.92 Å². The SMILES string of the molecule is CCOC(=O)COSNc1cc(OC)c(OC)c(OC)c1. The second kappa shape index (κ2) is 9.19. The van der Waals surface area contributed by atoms with E-state index in [4.69, 9.17) is 23.1 Å². The van der Waals surface area contributed by atoms with Gasteiger partial charge in [-0.1, -0.05) is 0 Å². The average Bonchev–Trinajstić information content (AvgIpc) is 2.50. The molecule has 0 aliphatic heterocycles. The van der Waals surface area contributed by atoms with Gasteiger partial charge in [0.15, 0.2) is 18.1 Å². The molecule has 1 N–H and O–H groups in total. The van der Waals surface area contributed by atoms with Crippen molar-refractivity contribution in [1.82, 2.24) is 0 Å². The minimum atomic E-state index is -0.420. The Labute approximate surface area is 128 Å². The van der Waals surface area contributed by atoms with E-state index in [1.54, 1.807) is 19.1 Å². The Morgan fingerprint density at radius 2 is 1.76 bits per heavy atom. The van der Waals surface area contributed by atoms with Crippen LogP contribution in [0.15, 0.2) is 12.1 Å². The van der Waals surface area contributed by atoms with Crippen molar-refractivity contribution in [3.8, 4) is 17.2 Å². The lowest BCUT2D eigenvalue weighted by atomic mass is 10.2. The van der Waals surface area contributed by atoms with Gasteiger partial charge in [0, 0.05) is 12.1 Å². The van der Waals surface area contributed by atoms with Crippen LogP contribution in [0.1, 0.15) is 6.92 Å². The molecule has 0 unspecified atom stereocenters. The lowest BCUT2D eigenvalue weighted by Crippen LogP contribution is -2.10. The van der Waals surface area contributed by atoms with Gasteiger partial charge in [-0.15, -0.1) is 0 Å². The summed E-state index contributed by atoms with van der Waals surface area (Å²) in [7, 11) is 4.60. The molecule has 21 heavy (non-hydrogen) atoms. The highest BCUT2D eigenvalue weighted by molar-refractivity contribution is 7.96. The summed E-state index contributed by atoms with van der Waals surface area (Å²) >= 11 is 0.910. The van der Waals surface area contributed by atoms with E-state index < -0.39 is 5.97 Å². The largest absolute Gasteiger partial charge is 0.493 e. The van der Waals surface area contributed by atoms with Crippen LogP contribution in [0.4, 0.5) is 5.69 Å². The first-order valence-corrected chi connectivity index (χ1v) is 6.90. The quantitative estimate of drug-likeness (QED) is 0.322. The number of hydrogen-bond donors (Lipinski definition) is 1. The Morgan fingerprint density at radius 3 is 2.24 bits per heavy atom. The van der Waals surface area contributed by atoms with Crippen LogP contribution in [0.25, 0.3) is 0 Å². The topological polar surface area (TPSA) is 75.3 Å². The van der Waals surface area contributed by atoms with E-state index in [0.29, 0.717) is 29.5 Å². The summed E-state index contributed by atoms with van der Waals surface area (Å²) in [5.41, 5.74) is 0.679. The van der Waals surface area contributed by atoms with Gasteiger partial charge in [-0.3, -0.25) is 4.18 Å². The third-order valence-corrected chi connectivity index (χ3v) is 2.92. The third kappa shape index (κ3) is 5.24. The highest BCUT2D eigenvalue weighted by atomic mass is 32.2. The molecular formula is C13H19NO6S. The molecule has 0 aliphatic carbocycles. The number of ether oxygens (including phenoxy) is 4. The molecule has 118 valence electrons. The maximum absolute atomic E-state index is 11.1. The zero-order chi connectivity index (χ0) is 15.7. The van der Waals surface area contributed by atoms with E-state index in [0.717, 1.165) is 12.2 Å². The van der Waals surface area contributed by atoms with Crippen LogP contribution in [-0.2, 0) is 13.7 Å². The molecular weight excluding hydrogens is 298 g/mol. The highest BCUT2D eigenvalue weighted by Crippen LogP contribution is 2.40. The van der Waals surface area contributed by atoms with Gasteiger partial charge in [0.1, 0.15) is 12.2 Å². The molecule has 0 aliphatic rings. The molecule has 0 heterocycles. The molecule has 0 aromatic heterocycles. The van der Waals surface area contributed by atoms with Crippen molar-refractivity contribution in [2.45, 2.75) is 6.92 Å². The molecule has 1 rings (SSSR count). The summed E-state index contributed by atoms with van der Waals surface area (Å²) in [6, 6.07) is 3.45. The number of rotatable bonds is 9. The van der Waals surface area contributed by atoms with Crippen LogP contribution < -0.4 is 18.9 Å². The minimum absolute atomic E-state index is 0.143. The minimum Gasteiger partial charge on any atom is -0.493 e. The second-order valence-electron chi connectivity index (χ2n) is 3.67. The molecule has 7 nitrogen and oxygen atoms in total. The van der Waals surface area contributed by atoms with Gasteiger partial charge < -0.3 is 23.7 Å². The predicted octanol–water partition coefficient (Wildman–Crippen LogP) is 2.27. The molecule has 0 bridgehead atoms. The number of hydrogen-bond acceptors (Lipinski definition) is 8. The summed E-state index contributed by atoms with van der Waals surface area (Å²) in [5.74, 6) is 1.12. The van der Waals surface area contributed by atoms with Crippen molar-refractivity contribution in [2.24, 2.45) is 0 Å². The Hall–Kier alpha value is -1.80. The van der Waals surface area contributed by atoms with E-state index in [1.165, 1.54) is 21.3 Å². The number of methoxy groups -OCH3 is 3. The molecule has 0 saturated carbocycles. The van der Waals surface area contributed by atoms with Crippen molar-refractivity contribution < 1.29 is 27.9 Å². The zero-order valence-corrected chi connectivity index (χ0v) is 13.2. The number of carbonyl (C=O) groups excluding carboxylic acids is 1. The van der Waals surface area contributed by atoms with E-state index in [1.807, 2.05) is 0 Å². The normalized spacial score (nSPS) is 9.90. The van der Waals surface area contributed by atoms with Crippen LogP contribution in [0.2, 0.25) is 0 Å². The summed E-state index contributed by atoms with van der Waals surface area (Å²) < 4.78 is 28.4. The first-order chi connectivity index (χ1) is 10.2. The van der Waals surface area contributed by atoms with Crippen molar-refractivity contribution >= 4 is 23.9 Å². The first kappa shape index (κ1) is 17.3. The molecule has 0 atom stereocenters. The smallest absolute Gasteiger partial charge is 0.333 e. The Morgan fingerprint density at radius 1 is 1.14 bits per heavy atom. The number of anilines is 1.